The highest BCUT2D eigenvalue weighted by Crippen LogP contribution is 2.19. The zero-order valence-corrected chi connectivity index (χ0v) is 12.5. The largest absolute Gasteiger partial charge is 0.377 e. The first-order valence-electron chi connectivity index (χ1n) is 7.05. The molecule has 0 aromatic rings. The molecule has 0 aliphatic carbocycles. The molecule has 0 aromatic heterocycles. The van der Waals surface area contributed by atoms with Crippen LogP contribution in [0.15, 0.2) is 0 Å². The van der Waals surface area contributed by atoms with Gasteiger partial charge < -0.3 is 10.1 Å². The predicted molar refractivity (Wildman–Crippen MR) is 74.6 cm³/mol. The smallest absolute Gasteiger partial charge is 0.147 e. The van der Waals surface area contributed by atoms with Crippen LogP contribution in [0.3, 0.4) is 0 Å². The molecule has 18 heavy (non-hydrogen) atoms. The molecule has 1 aliphatic heterocycles. The molecule has 0 saturated carbocycles. The average Bonchev–Trinajstić information content (AvgIpc) is 2.33. The van der Waals surface area contributed by atoms with Gasteiger partial charge in [0, 0.05) is 24.7 Å². The van der Waals surface area contributed by atoms with E-state index in [2.05, 4.69) is 12.2 Å². The Kier molecular flexibility index (Phi) is 7.19. The Morgan fingerprint density at radius 3 is 2.72 bits per heavy atom. The zero-order chi connectivity index (χ0) is 13.4. The molecule has 5 heteroatoms. The van der Waals surface area contributed by atoms with Crippen LogP contribution < -0.4 is 5.32 Å². The van der Waals surface area contributed by atoms with E-state index in [0.29, 0.717) is 6.04 Å². The molecule has 0 aromatic carbocycles. The number of hydrogen-bond donors (Lipinski definition) is 1. The van der Waals surface area contributed by atoms with Crippen LogP contribution in [0.4, 0.5) is 0 Å². The summed E-state index contributed by atoms with van der Waals surface area (Å²) >= 11 is 0. The van der Waals surface area contributed by atoms with E-state index in [1.54, 1.807) is 0 Å². The summed E-state index contributed by atoms with van der Waals surface area (Å²) in [5.74, 6) is 0.282. The Hall–Kier alpha value is -0.130. The predicted octanol–water partition coefficient (Wildman–Crippen LogP) is 1.75. The lowest BCUT2D eigenvalue weighted by molar-refractivity contribution is -0.00931. The molecule has 1 N–H and O–H groups in total. The summed E-state index contributed by atoms with van der Waals surface area (Å²) in [7, 11) is -2.84. The van der Waals surface area contributed by atoms with E-state index >= 15 is 0 Å². The lowest BCUT2D eigenvalue weighted by atomic mass is 9.98. The molecular formula is C13H27NO3S. The summed E-state index contributed by atoms with van der Waals surface area (Å²) in [6.45, 7) is 3.97. The minimum atomic E-state index is -2.84. The molecule has 4 nitrogen and oxygen atoms in total. The van der Waals surface area contributed by atoms with Crippen LogP contribution in [0.1, 0.15) is 45.4 Å². The third-order valence-electron chi connectivity index (χ3n) is 3.35. The van der Waals surface area contributed by atoms with E-state index in [1.165, 1.54) is 12.7 Å². The van der Waals surface area contributed by atoms with Gasteiger partial charge in [0.2, 0.25) is 0 Å². The number of ether oxygens (including phenoxy) is 1. The van der Waals surface area contributed by atoms with Gasteiger partial charge in [0.25, 0.3) is 0 Å². The fourth-order valence-corrected chi connectivity index (χ4v) is 3.09. The average molecular weight is 277 g/mol. The molecule has 0 bridgehead atoms. The second kappa shape index (κ2) is 8.12. The number of hydrogen-bond acceptors (Lipinski definition) is 4. The molecule has 1 aliphatic rings. The summed E-state index contributed by atoms with van der Waals surface area (Å²) in [4.78, 5) is 0. The quantitative estimate of drug-likeness (QED) is 0.734. The van der Waals surface area contributed by atoms with Crippen molar-refractivity contribution >= 4 is 9.84 Å². The Labute approximate surface area is 111 Å². The second-order valence-electron chi connectivity index (χ2n) is 5.24. The van der Waals surface area contributed by atoms with E-state index in [4.69, 9.17) is 4.74 Å². The van der Waals surface area contributed by atoms with Crippen LogP contribution in [0.5, 0.6) is 0 Å². The van der Waals surface area contributed by atoms with Gasteiger partial charge in [0.05, 0.1) is 6.10 Å². The molecule has 0 amide bonds. The first kappa shape index (κ1) is 15.9. The van der Waals surface area contributed by atoms with Crippen molar-refractivity contribution in [2.45, 2.75) is 57.6 Å². The van der Waals surface area contributed by atoms with Crippen LogP contribution in [0.25, 0.3) is 0 Å². The molecule has 108 valence electrons. The van der Waals surface area contributed by atoms with E-state index in [0.717, 1.165) is 45.3 Å². The number of nitrogens with one attached hydrogen (secondary N) is 1. The van der Waals surface area contributed by atoms with Gasteiger partial charge in [-0.2, -0.15) is 0 Å². The van der Waals surface area contributed by atoms with E-state index in [9.17, 15) is 8.42 Å². The summed E-state index contributed by atoms with van der Waals surface area (Å²) in [6, 6.07) is 0.312. The minimum absolute atomic E-state index is 0.268. The fraction of sp³-hybridized carbons (Fsp3) is 1.00. The van der Waals surface area contributed by atoms with Gasteiger partial charge in [-0.15, -0.1) is 0 Å². The van der Waals surface area contributed by atoms with Crippen molar-refractivity contribution in [2.75, 3.05) is 25.2 Å². The van der Waals surface area contributed by atoms with Crippen LogP contribution >= 0.6 is 0 Å². The Morgan fingerprint density at radius 2 is 2.17 bits per heavy atom. The lowest BCUT2D eigenvalue weighted by Crippen LogP contribution is -2.43. The number of sulfone groups is 1. The van der Waals surface area contributed by atoms with Crippen molar-refractivity contribution in [1.82, 2.24) is 5.32 Å². The zero-order valence-electron chi connectivity index (χ0n) is 11.7. The van der Waals surface area contributed by atoms with Crippen LogP contribution in [0.2, 0.25) is 0 Å². The van der Waals surface area contributed by atoms with Crippen molar-refractivity contribution in [3.8, 4) is 0 Å². The molecule has 1 rings (SSSR count). The molecule has 0 radical (unpaired) electrons. The van der Waals surface area contributed by atoms with Crippen LogP contribution in [-0.4, -0.2) is 45.7 Å². The first-order valence-corrected chi connectivity index (χ1v) is 9.11. The van der Waals surface area contributed by atoms with E-state index in [-0.39, 0.29) is 11.9 Å². The molecule has 2 unspecified atom stereocenters. The molecule has 0 spiro atoms. The third kappa shape index (κ3) is 6.71. The van der Waals surface area contributed by atoms with Gasteiger partial charge in [0.15, 0.2) is 0 Å². The Bertz CT molecular complexity index is 310. The van der Waals surface area contributed by atoms with Gasteiger partial charge in [0.1, 0.15) is 9.84 Å². The molecule has 1 fully saturated rings. The van der Waals surface area contributed by atoms with Crippen molar-refractivity contribution in [2.24, 2.45) is 0 Å². The van der Waals surface area contributed by atoms with Gasteiger partial charge >= 0.3 is 0 Å². The van der Waals surface area contributed by atoms with Crippen molar-refractivity contribution in [3.05, 3.63) is 0 Å². The summed E-state index contributed by atoms with van der Waals surface area (Å²) < 4.78 is 28.1. The maximum atomic E-state index is 11.2. The fourth-order valence-electron chi connectivity index (χ4n) is 2.40. The monoisotopic (exact) mass is 277 g/mol. The van der Waals surface area contributed by atoms with Gasteiger partial charge in [-0.1, -0.05) is 6.92 Å². The lowest BCUT2D eigenvalue weighted by Gasteiger charge is -2.31. The maximum Gasteiger partial charge on any atom is 0.147 e. The summed E-state index contributed by atoms with van der Waals surface area (Å²) in [6.07, 6.45) is 7.75. The van der Waals surface area contributed by atoms with Crippen LogP contribution in [0, 0.1) is 0 Å². The van der Waals surface area contributed by atoms with Crippen molar-refractivity contribution < 1.29 is 13.2 Å². The SMILES string of the molecule is CCCNC(CCCS(C)(=O)=O)C1CCCCO1. The molecule has 1 saturated heterocycles. The Balaban J connectivity index is 2.38. The highest BCUT2D eigenvalue weighted by atomic mass is 32.2. The molecule has 2 atom stereocenters. The summed E-state index contributed by atoms with van der Waals surface area (Å²) in [5.41, 5.74) is 0. The second-order valence-corrected chi connectivity index (χ2v) is 7.50. The summed E-state index contributed by atoms with van der Waals surface area (Å²) in [5, 5.41) is 3.51. The highest BCUT2D eigenvalue weighted by molar-refractivity contribution is 7.90. The third-order valence-corrected chi connectivity index (χ3v) is 4.38. The first-order chi connectivity index (χ1) is 8.53. The molecule has 1 heterocycles. The Morgan fingerprint density at radius 1 is 1.39 bits per heavy atom. The molecular weight excluding hydrogens is 250 g/mol. The van der Waals surface area contributed by atoms with E-state index in [1.807, 2.05) is 0 Å². The van der Waals surface area contributed by atoms with Gasteiger partial charge in [-0.25, -0.2) is 8.42 Å². The van der Waals surface area contributed by atoms with Crippen molar-refractivity contribution in [1.29, 1.82) is 0 Å². The van der Waals surface area contributed by atoms with Gasteiger partial charge in [-0.3, -0.25) is 0 Å². The maximum absolute atomic E-state index is 11.2. The number of rotatable bonds is 8. The van der Waals surface area contributed by atoms with Crippen LogP contribution in [-0.2, 0) is 14.6 Å². The van der Waals surface area contributed by atoms with Crippen molar-refractivity contribution in [3.63, 3.8) is 0 Å². The minimum Gasteiger partial charge on any atom is -0.377 e. The normalized spacial score (nSPS) is 22.9. The topological polar surface area (TPSA) is 55.4 Å². The standard InChI is InChI=1S/C13H27NO3S/c1-3-9-14-12(7-6-11-18(2,15)16)13-8-4-5-10-17-13/h12-14H,3-11H2,1-2H3. The highest BCUT2D eigenvalue weighted by Gasteiger charge is 2.23. The van der Waals surface area contributed by atoms with E-state index < -0.39 is 9.84 Å². The van der Waals surface area contributed by atoms with Gasteiger partial charge in [-0.05, 0) is 45.1 Å².